The molecule has 3 amide bonds. The third kappa shape index (κ3) is 5.39. The average Bonchev–Trinajstić information content (AvgIpc) is 3.66. The molecule has 3 fully saturated rings. The summed E-state index contributed by atoms with van der Waals surface area (Å²) in [5.41, 5.74) is 2.01. The molecule has 224 valence electrons. The number of benzene rings is 3. The number of amides is 3. The predicted molar refractivity (Wildman–Crippen MR) is 168 cm³/mol. The van der Waals surface area contributed by atoms with Crippen molar-refractivity contribution in [3.8, 4) is 5.75 Å². The van der Waals surface area contributed by atoms with Crippen LogP contribution in [0.2, 0.25) is 5.02 Å². The van der Waals surface area contributed by atoms with Crippen LogP contribution >= 0.6 is 23.4 Å². The molecule has 3 heterocycles. The topological polar surface area (TPSA) is 108 Å². The molecular weight excluding hydrogens is 586 g/mol. The number of thioether (sulfide) groups is 1. The minimum Gasteiger partial charge on any atom is -0.494 e. The van der Waals surface area contributed by atoms with Crippen LogP contribution in [0.3, 0.4) is 0 Å². The van der Waals surface area contributed by atoms with Crippen LogP contribution in [0.4, 0.5) is 11.4 Å². The number of anilines is 2. The van der Waals surface area contributed by atoms with Crippen LogP contribution in [0.5, 0.6) is 5.75 Å². The molecule has 0 aromatic heterocycles. The van der Waals surface area contributed by atoms with Crippen molar-refractivity contribution in [1.82, 2.24) is 4.90 Å². The fraction of sp³-hybridized carbons (Fsp3) is 0.364. The highest BCUT2D eigenvalue weighted by Crippen LogP contribution is 2.66. The van der Waals surface area contributed by atoms with Crippen LogP contribution in [-0.2, 0) is 20.8 Å². The molecule has 3 aromatic rings. The van der Waals surface area contributed by atoms with Crippen LogP contribution in [-0.4, -0.2) is 63.0 Å². The normalized spacial score (nSPS) is 26.2. The molecule has 2 unspecified atom stereocenters. The van der Waals surface area contributed by atoms with E-state index < -0.39 is 28.7 Å². The Labute approximate surface area is 260 Å². The summed E-state index contributed by atoms with van der Waals surface area (Å²) >= 11 is 7.97. The molecule has 3 aliphatic heterocycles. The number of hydrogen-bond donors (Lipinski definition) is 3. The van der Waals surface area contributed by atoms with E-state index in [0.29, 0.717) is 48.0 Å². The highest BCUT2D eigenvalue weighted by molar-refractivity contribution is 8.02. The van der Waals surface area contributed by atoms with Gasteiger partial charge in [0.2, 0.25) is 17.7 Å². The molecule has 3 aromatic carbocycles. The van der Waals surface area contributed by atoms with E-state index in [1.54, 1.807) is 65.2 Å². The lowest BCUT2D eigenvalue weighted by Gasteiger charge is -2.37. The van der Waals surface area contributed by atoms with Gasteiger partial charge in [0.25, 0.3) is 0 Å². The van der Waals surface area contributed by atoms with Crippen molar-refractivity contribution in [2.45, 2.75) is 48.3 Å². The molecule has 3 N–H and O–H groups in total. The summed E-state index contributed by atoms with van der Waals surface area (Å²) in [6, 6.07) is 22.2. The number of halogens is 1. The first kappa shape index (κ1) is 29.5. The van der Waals surface area contributed by atoms with Crippen molar-refractivity contribution in [2.75, 3.05) is 23.8 Å². The summed E-state index contributed by atoms with van der Waals surface area (Å²) in [5, 5.41) is 16.9. The van der Waals surface area contributed by atoms with E-state index in [2.05, 4.69) is 10.6 Å². The number of rotatable bonds is 10. The monoisotopic (exact) mass is 619 g/mol. The summed E-state index contributed by atoms with van der Waals surface area (Å²) in [4.78, 5) is 44.1. The maximum Gasteiger partial charge on any atom is 0.248 e. The zero-order valence-electron chi connectivity index (χ0n) is 23.7. The van der Waals surface area contributed by atoms with Gasteiger partial charge in [-0.2, -0.15) is 0 Å². The molecule has 10 heteroatoms. The second-order valence-electron chi connectivity index (χ2n) is 11.2. The van der Waals surface area contributed by atoms with Crippen molar-refractivity contribution in [2.24, 2.45) is 11.8 Å². The van der Waals surface area contributed by atoms with Gasteiger partial charge in [0.05, 0.1) is 46.5 Å². The molecule has 0 aliphatic carbocycles. The molecule has 0 radical (unpaired) electrons. The minimum absolute atomic E-state index is 0.101. The molecule has 3 saturated heterocycles. The number of nitrogens with zero attached hydrogens (tertiary/aromatic N) is 1. The maximum atomic E-state index is 14.5. The third-order valence-corrected chi connectivity index (χ3v) is 11.1. The highest BCUT2D eigenvalue weighted by atomic mass is 35.5. The van der Waals surface area contributed by atoms with E-state index in [4.69, 9.17) is 16.3 Å². The molecule has 43 heavy (non-hydrogen) atoms. The summed E-state index contributed by atoms with van der Waals surface area (Å²) in [6.07, 6.45) is 1.70. The first-order chi connectivity index (χ1) is 20.9. The van der Waals surface area contributed by atoms with Gasteiger partial charge >= 0.3 is 0 Å². The van der Waals surface area contributed by atoms with E-state index in [0.717, 1.165) is 5.56 Å². The lowest BCUT2D eigenvalue weighted by molar-refractivity contribution is -0.141. The van der Waals surface area contributed by atoms with Crippen LogP contribution in [0.1, 0.15) is 25.3 Å². The second-order valence-corrected chi connectivity index (χ2v) is 13.3. The van der Waals surface area contributed by atoms with Crippen molar-refractivity contribution < 1.29 is 24.2 Å². The summed E-state index contributed by atoms with van der Waals surface area (Å²) in [6.45, 7) is 2.12. The van der Waals surface area contributed by atoms with E-state index in [9.17, 15) is 19.5 Å². The molecule has 1 spiro atoms. The SMILES string of the molecule is CCOc1ccc(NC(=O)[C@@H]2[C@H]3C(=O)N([C@@H](CO)Cc4ccccc4)C(C(=O)Nc4ccccc4Cl)C34CC[C@H]2S4)cc1. The van der Waals surface area contributed by atoms with E-state index in [1.807, 2.05) is 37.3 Å². The Balaban J connectivity index is 1.34. The number of ether oxygens (including phenoxy) is 1. The van der Waals surface area contributed by atoms with E-state index in [1.165, 1.54) is 0 Å². The van der Waals surface area contributed by atoms with Gasteiger partial charge in [-0.05, 0) is 68.1 Å². The molecule has 6 rings (SSSR count). The molecule has 6 atom stereocenters. The van der Waals surface area contributed by atoms with Crippen molar-refractivity contribution >= 4 is 52.5 Å². The first-order valence-electron chi connectivity index (χ1n) is 14.6. The van der Waals surface area contributed by atoms with E-state index >= 15 is 0 Å². The standard InChI is InChI=1S/C33H34ClN3O5S/c1-2-42-23-14-12-21(13-15-23)35-30(39)27-26-16-17-33(43-26)28(27)32(41)37(22(19-38)18-20-8-4-3-5-9-20)29(33)31(40)36-25-11-7-6-10-24(25)34/h3-15,22,26-29,38H,2,16-19H2,1H3,(H,35,39)(H,36,40)/t22-,26-,27+,28+,29?,33?/m1/s1. The number of aliphatic hydroxyl groups is 1. The van der Waals surface area contributed by atoms with Gasteiger partial charge < -0.3 is 25.4 Å². The Bertz CT molecular complexity index is 1510. The highest BCUT2D eigenvalue weighted by Gasteiger charge is 2.74. The fourth-order valence-corrected chi connectivity index (χ4v) is 9.40. The third-order valence-electron chi connectivity index (χ3n) is 8.77. The zero-order chi connectivity index (χ0) is 30.1. The fourth-order valence-electron chi connectivity index (χ4n) is 7.01. The van der Waals surface area contributed by atoms with Crippen molar-refractivity contribution in [3.63, 3.8) is 0 Å². The molecule has 8 nitrogen and oxygen atoms in total. The van der Waals surface area contributed by atoms with Gasteiger partial charge in [0, 0.05) is 10.9 Å². The second kappa shape index (κ2) is 12.2. The lowest BCUT2D eigenvalue weighted by Crippen LogP contribution is -2.55. The van der Waals surface area contributed by atoms with E-state index in [-0.39, 0.29) is 29.6 Å². The molecule has 2 bridgehead atoms. The number of nitrogens with one attached hydrogen (secondary N) is 2. The number of carbonyl (C=O) groups excluding carboxylic acids is 3. The van der Waals surface area contributed by atoms with Crippen LogP contribution in [0, 0.1) is 11.8 Å². The van der Waals surface area contributed by atoms with Gasteiger partial charge in [-0.1, -0.05) is 54.1 Å². The zero-order valence-corrected chi connectivity index (χ0v) is 25.3. The molecule has 0 saturated carbocycles. The number of para-hydroxylation sites is 1. The number of hydrogen-bond acceptors (Lipinski definition) is 6. The Morgan fingerprint density at radius 1 is 1.05 bits per heavy atom. The Hall–Kier alpha value is -3.53. The first-order valence-corrected chi connectivity index (χ1v) is 15.9. The van der Waals surface area contributed by atoms with Crippen LogP contribution in [0.15, 0.2) is 78.9 Å². The maximum absolute atomic E-state index is 14.5. The predicted octanol–water partition coefficient (Wildman–Crippen LogP) is 5.01. The minimum atomic E-state index is -0.889. The average molecular weight is 620 g/mol. The number of carbonyl (C=O) groups is 3. The van der Waals surface area contributed by atoms with Gasteiger partial charge in [-0.25, -0.2) is 0 Å². The Morgan fingerprint density at radius 2 is 1.77 bits per heavy atom. The Morgan fingerprint density at radius 3 is 2.47 bits per heavy atom. The number of aliphatic hydroxyl groups excluding tert-OH is 1. The van der Waals surface area contributed by atoms with Gasteiger partial charge in [0.1, 0.15) is 11.8 Å². The van der Waals surface area contributed by atoms with Crippen LogP contribution in [0.25, 0.3) is 0 Å². The largest absolute Gasteiger partial charge is 0.494 e. The van der Waals surface area contributed by atoms with Crippen molar-refractivity contribution in [1.29, 1.82) is 0 Å². The van der Waals surface area contributed by atoms with Gasteiger partial charge in [-0.3, -0.25) is 14.4 Å². The van der Waals surface area contributed by atoms with Gasteiger partial charge in [0.15, 0.2) is 0 Å². The van der Waals surface area contributed by atoms with Crippen molar-refractivity contribution in [3.05, 3.63) is 89.4 Å². The molecular formula is C33H34ClN3O5S. The number of fused-ring (bicyclic) bond motifs is 1. The van der Waals surface area contributed by atoms with Crippen LogP contribution < -0.4 is 15.4 Å². The lowest BCUT2D eigenvalue weighted by atomic mass is 9.70. The quantitative estimate of drug-likeness (QED) is 0.294. The molecule has 3 aliphatic rings. The number of likely N-dealkylation sites (tertiary alicyclic amines) is 1. The summed E-state index contributed by atoms with van der Waals surface area (Å²) in [7, 11) is 0. The van der Waals surface area contributed by atoms with Gasteiger partial charge in [-0.15, -0.1) is 11.8 Å². The smallest absolute Gasteiger partial charge is 0.248 e. The Kier molecular flexibility index (Phi) is 8.40. The summed E-state index contributed by atoms with van der Waals surface area (Å²) < 4.78 is 4.71. The summed E-state index contributed by atoms with van der Waals surface area (Å²) in [5.74, 6) is -1.48.